The number of nitrogens with zero attached hydrogens (tertiary/aromatic N) is 5. The average Bonchev–Trinajstić information content (AvgIpc) is 3.17. The molecule has 6 nitrogen and oxygen atoms in total. The molecule has 4 rings (SSSR count). The predicted molar refractivity (Wildman–Crippen MR) is 81.7 cm³/mol. The van der Waals surface area contributed by atoms with Gasteiger partial charge in [0.25, 0.3) is 0 Å². The molecule has 0 aliphatic carbocycles. The van der Waals surface area contributed by atoms with E-state index in [9.17, 15) is 13.2 Å². The monoisotopic (exact) mass is 332 g/mol. The van der Waals surface area contributed by atoms with Gasteiger partial charge in [0, 0.05) is 35.9 Å². The minimum absolute atomic E-state index is 0.0768. The SMILES string of the molecule is FC(F)(F)CNc1ncc2c(-c3ccc4nccn4c3)ccn2n1. The summed E-state index contributed by atoms with van der Waals surface area (Å²) < 4.78 is 40.1. The van der Waals surface area contributed by atoms with Crippen molar-refractivity contribution in [1.82, 2.24) is 24.0 Å². The Labute approximate surface area is 133 Å². The van der Waals surface area contributed by atoms with Crippen LogP contribution < -0.4 is 5.32 Å². The summed E-state index contributed by atoms with van der Waals surface area (Å²) in [5.74, 6) is -0.0768. The van der Waals surface area contributed by atoms with Crippen molar-refractivity contribution in [2.24, 2.45) is 0 Å². The smallest absolute Gasteiger partial charge is 0.344 e. The molecule has 0 bridgehead atoms. The summed E-state index contributed by atoms with van der Waals surface area (Å²) in [6.45, 7) is -1.18. The maximum absolute atomic E-state index is 12.2. The van der Waals surface area contributed by atoms with Gasteiger partial charge in [0.1, 0.15) is 12.2 Å². The molecular weight excluding hydrogens is 321 g/mol. The van der Waals surface area contributed by atoms with Gasteiger partial charge in [0.05, 0.1) is 11.7 Å². The molecule has 0 aromatic carbocycles. The highest BCUT2D eigenvalue weighted by Crippen LogP contribution is 2.25. The number of halogens is 3. The van der Waals surface area contributed by atoms with Crippen molar-refractivity contribution in [3.63, 3.8) is 0 Å². The predicted octanol–water partition coefficient (Wildman–Crippen LogP) is 3.02. The van der Waals surface area contributed by atoms with E-state index in [1.165, 1.54) is 10.7 Å². The number of aromatic nitrogens is 5. The normalized spacial score (nSPS) is 12.1. The molecule has 4 aromatic rings. The number of hydrogen-bond acceptors (Lipinski definition) is 4. The molecule has 0 fully saturated rings. The summed E-state index contributed by atoms with van der Waals surface area (Å²) in [5.41, 5.74) is 3.35. The number of nitrogens with one attached hydrogen (secondary N) is 1. The average molecular weight is 332 g/mol. The van der Waals surface area contributed by atoms with Crippen LogP contribution in [0.15, 0.2) is 49.2 Å². The van der Waals surface area contributed by atoms with Crippen molar-refractivity contribution >= 4 is 17.1 Å². The molecule has 4 aromatic heterocycles. The lowest BCUT2D eigenvalue weighted by Gasteiger charge is -2.08. The number of hydrogen-bond donors (Lipinski definition) is 1. The zero-order valence-corrected chi connectivity index (χ0v) is 12.2. The minimum Gasteiger partial charge on any atom is -0.344 e. The molecule has 24 heavy (non-hydrogen) atoms. The molecule has 4 heterocycles. The lowest BCUT2D eigenvalue weighted by molar-refractivity contribution is -0.115. The minimum atomic E-state index is -4.32. The summed E-state index contributed by atoms with van der Waals surface area (Å²) in [7, 11) is 0. The van der Waals surface area contributed by atoms with Crippen LogP contribution in [0.5, 0.6) is 0 Å². The van der Waals surface area contributed by atoms with Crippen molar-refractivity contribution < 1.29 is 13.2 Å². The highest BCUT2D eigenvalue weighted by molar-refractivity contribution is 5.80. The largest absolute Gasteiger partial charge is 0.405 e. The fraction of sp³-hybridized carbons (Fsp3) is 0.133. The first kappa shape index (κ1) is 14.5. The van der Waals surface area contributed by atoms with Gasteiger partial charge in [-0.05, 0) is 18.2 Å². The molecule has 0 saturated heterocycles. The van der Waals surface area contributed by atoms with E-state index >= 15 is 0 Å². The maximum Gasteiger partial charge on any atom is 0.405 e. The molecule has 0 radical (unpaired) electrons. The van der Waals surface area contributed by atoms with E-state index in [0.29, 0.717) is 5.52 Å². The molecule has 0 aliphatic rings. The zero-order valence-electron chi connectivity index (χ0n) is 12.2. The molecule has 0 saturated carbocycles. The molecule has 9 heteroatoms. The first-order valence-electron chi connectivity index (χ1n) is 7.08. The van der Waals surface area contributed by atoms with E-state index in [0.717, 1.165) is 16.8 Å². The van der Waals surface area contributed by atoms with E-state index in [2.05, 4.69) is 20.4 Å². The third-order valence-corrected chi connectivity index (χ3v) is 3.56. The fourth-order valence-corrected chi connectivity index (χ4v) is 2.48. The second-order valence-electron chi connectivity index (χ2n) is 5.22. The lowest BCUT2D eigenvalue weighted by atomic mass is 10.1. The quantitative estimate of drug-likeness (QED) is 0.626. The van der Waals surface area contributed by atoms with Gasteiger partial charge >= 0.3 is 6.18 Å². The Kier molecular flexibility index (Phi) is 3.15. The molecule has 0 unspecified atom stereocenters. The second kappa shape index (κ2) is 5.22. The number of pyridine rings is 1. The van der Waals surface area contributed by atoms with Gasteiger partial charge in [-0.1, -0.05) is 0 Å². The molecule has 0 atom stereocenters. The summed E-state index contributed by atoms with van der Waals surface area (Å²) in [5, 5.41) is 6.22. The zero-order chi connectivity index (χ0) is 16.7. The van der Waals surface area contributed by atoms with Gasteiger partial charge < -0.3 is 9.72 Å². The van der Waals surface area contributed by atoms with Gasteiger partial charge in [0.2, 0.25) is 5.95 Å². The Morgan fingerprint density at radius 2 is 1.96 bits per heavy atom. The van der Waals surface area contributed by atoms with Gasteiger partial charge in [-0.25, -0.2) is 14.5 Å². The number of fused-ring (bicyclic) bond motifs is 2. The van der Waals surface area contributed by atoms with Crippen LogP contribution in [0.3, 0.4) is 0 Å². The maximum atomic E-state index is 12.2. The van der Waals surface area contributed by atoms with Crippen LogP contribution in [0.25, 0.3) is 22.3 Å². The first-order chi connectivity index (χ1) is 11.5. The number of imidazole rings is 1. The van der Waals surface area contributed by atoms with Gasteiger partial charge in [-0.15, -0.1) is 5.10 Å². The molecular formula is C15H11F3N6. The van der Waals surface area contributed by atoms with Crippen LogP contribution in [-0.4, -0.2) is 36.7 Å². The molecule has 1 N–H and O–H groups in total. The summed E-state index contributed by atoms with van der Waals surface area (Å²) in [4.78, 5) is 8.15. The Bertz CT molecular complexity index is 1020. The van der Waals surface area contributed by atoms with Crippen molar-refractivity contribution in [1.29, 1.82) is 0 Å². The molecule has 122 valence electrons. The van der Waals surface area contributed by atoms with Crippen LogP contribution in [-0.2, 0) is 0 Å². The lowest BCUT2D eigenvalue weighted by Crippen LogP contribution is -2.22. The first-order valence-corrected chi connectivity index (χ1v) is 7.08. The summed E-state index contributed by atoms with van der Waals surface area (Å²) in [6, 6.07) is 5.65. The molecule has 0 amide bonds. The summed E-state index contributed by atoms with van der Waals surface area (Å²) >= 11 is 0. The van der Waals surface area contributed by atoms with E-state index in [-0.39, 0.29) is 5.95 Å². The highest BCUT2D eigenvalue weighted by Gasteiger charge is 2.27. The van der Waals surface area contributed by atoms with Crippen molar-refractivity contribution in [2.45, 2.75) is 6.18 Å². The molecule has 0 spiro atoms. The van der Waals surface area contributed by atoms with Gasteiger partial charge in [-0.2, -0.15) is 13.2 Å². The van der Waals surface area contributed by atoms with Gasteiger partial charge in [-0.3, -0.25) is 0 Å². The number of anilines is 1. The van der Waals surface area contributed by atoms with Crippen molar-refractivity contribution in [3.8, 4) is 11.1 Å². The van der Waals surface area contributed by atoms with Crippen LogP contribution >= 0.6 is 0 Å². The Balaban J connectivity index is 1.69. The third kappa shape index (κ3) is 2.64. The van der Waals surface area contributed by atoms with Crippen LogP contribution in [0.4, 0.5) is 19.1 Å². The van der Waals surface area contributed by atoms with Crippen LogP contribution in [0.2, 0.25) is 0 Å². The second-order valence-corrected chi connectivity index (χ2v) is 5.22. The van der Waals surface area contributed by atoms with E-state index in [1.54, 1.807) is 12.4 Å². The Morgan fingerprint density at radius 3 is 2.79 bits per heavy atom. The van der Waals surface area contributed by atoms with Crippen LogP contribution in [0.1, 0.15) is 0 Å². The van der Waals surface area contributed by atoms with E-state index < -0.39 is 12.7 Å². The summed E-state index contributed by atoms with van der Waals surface area (Å²) in [6.07, 6.45) is 4.33. The topological polar surface area (TPSA) is 59.5 Å². The van der Waals surface area contributed by atoms with Crippen LogP contribution in [0, 0.1) is 0 Å². The van der Waals surface area contributed by atoms with Gasteiger partial charge in [0.15, 0.2) is 0 Å². The number of rotatable bonds is 3. The third-order valence-electron chi connectivity index (χ3n) is 3.56. The standard InChI is InChI=1S/C15H11F3N6/c16-15(17,18)9-21-14-20-7-12-11(3-5-24(12)22-14)10-1-2-13-19-4-6-23(13)8-10/h1-8H,9H2,(H,21,22). The van der Waals surface area contributed by atoms with E-state index in [4.69, 9.17) is 0 Å². The molecule has 0 aliphatic heterocycles. The number of alkyl halides is 3. The van der Waals surface area contributed by atoms with Crippen molar-refractivity contribution in [2.75, 3.05) is 11.9 Å². The van der Waals surface area contributed by atoms with E-state index in [1.807, 2.05) is 35.0 Å². The van der Waals surface area contributed by atoms with Crippen molar-refractivity contribution in [3.05, 3.63) is 49.2 Å². The highest BCUT2D eigenvalue weighted by atomic mass is 19.4. The Morgan fingerprint density at radius 1 is 1.08 bits per heavy atom. The Hall–Kier alpha value is -3.10. The fourth-order valence-electron chi connectivity index (χ4n) is 2.48.